The second kappa shape index (κ2) is 5.48. The second-order valence-corrected chi connectivity index (χ2v) is 4.84. The molecule has 1 saturated heterocycles. The number of rotatable bonds is 3. The molecule has 1 amide bonds. The zero-order valence-electron chi connectivity index (χ0n) is 10.1. The van der Waals surface area contributed by atoms with E-state index in [0.717, 1.165) is 38.8 Å². The van der Waals surface area contributed by atoms with Gasteiger partial charge in [0.05, 0.1) is 25.8 Å². The summed E-state index contributed by atoms with van der Waals surface area (Å²) in [6.07, 6.45) is 3.65. The number of hydrogen-bond acceptors (Lipinski definition) is 4. The van der Waals surface area contributed by atoms with Crippen LogP contribution in [-0.4, -0.2) is 49.2 Å². The number of nitriles is 1. The van der Waals surface area contributed by atoms with Crippen LogP contribution < -0.4 is 5.32 Å². The average Bonchev–Trinajstić information content (AvgIpc) is 2.79. The Morgan fingerprint density at radius 1 is 1.35 bits per heavy atom. The lowest BCUT2D eigenvalue weighted by molar-refractivity contribution is -0.124. The number of carbonyl (C=O) groups excluding carboxylic acids is 1. The first-order valence-corrected chi connectivity index (χ1v) is 6.26. The Labute approximate surface area is 102 Å². The van der Waals surface area contributed by atoms with Crippen molar-refractivity contribution in [1.82, 2.24) is 10.2 Å². The molecule has 17 heavy (non-hydrogen) atoms. The van der Waals surface area contributed by atoms with E-state index in [9.17, 15) is 10.1 Å². The molecule has 1 aliphatic carbocycles. The molecule has 1 saturated carbocycles. The van der Waals surface area contributed by atoms with Crippen molar-refractivity contribution in [2.75, 3.05) is 32.8 Å². The number of amides is 1. The molecule has 0 spiro atoms. The third-order valence-electron chi connectivity index (χ3n) is 3.52. The molecular formula is C12H19N3O2. The molecule has 0 radical (unpaired) electrons. The smallest absolute Gasteiger partial charge is 0.235 e. The lowest BCUT2D eigenvalue weighted by atomic mass is 10.00. The maximum atomic E-state index is 11.9. The van der Waals surface area contributed by atoms with E-state index in [1.165, 1.54) is 0 Å². The fraction of sp³-hybridized carbons (Fsp3) is 0.833. The highest BCUT2D eigenvalue weighted by atomic mass is 16.5. The molecule has 0 aromatic heterocycles. The molecule has 0 aromatic carbocycles. The Morgan fingerprint density at radius 3 is 2.59 bits per heavy atom. The standard InChI is InChI=1S/C12H19N3O2/c13-10-12(3-1-2-4-12)14-11(16)9-15-5-7-17-8-6-15/h1-9H2,(H,14,16). The number of nitrogens with zero attached hydrogens (tertiary/aromatic N) is 2. The summed E-state index contributed by atoms with van der Waals surface area (Å²) in [5.74, 6) is -0.0321. The van der Waals surface area contributed by atoms with Gasteiger partial charge in [0.25, 0.3) is 0 Å². The summed E-state index contributed by atoms with van der Waals surface area (Å²) in [5.41, 5.74) is -0.594. The first-order valence-electron chi connectivity index (χ1n) is 6.26. The first-order chi connectivity index (χ1) is 8.24. The van der Waals surface area contributed by atoms with Crippen molar-refractivity contribution in [3.05, 3.63) is 0 Å². The normalized spacial score (nSPS) is 24.2. The fourth-order valence-electron chi connectivity index (χ4n) is 2.51. The Kier molecular flexibility index (Phi) is 3.97. The van der Waals surface area contributed by atoms with E-state index in [1.54, 1.807) is 0 Å². The maximum Gasteiger partial charge on any atom is 0.235 e. The summed E-state index contributed by atoms with van der Waals surface area (Å²) in [6, 6.07) is 2.27. The summed E-state index contributed by atoms with van der Waals surface area (Å²) in [7, 11) is 0. The fourth-order valence-corrected chi connectivity index (χ4v) is 2.51. The number of hydrogen-bond donors (Lipinski definition) is 1. The Bertz CT molecular complexity index is 312. The van der Waals surface area contributed by atoms with Crippen molar-refractivity contribution >= 4 is 5.91 Å². The predicted octanol–water partition coefficient (Wildman–Crippen LogP) is 0.271. The highest BCUT2D eigenvalue weighted by Crippen LogP contribution is 2.28. The minimum atomic E-state index is -0.594. The predicted molar refractivity (Wildman–Crippen MR) is 62.2 cm³/mol. The lowest BCUT2D eigenvalue weighted by Gasteiger charge is -2.28. The van der Waals surface area contributed by atoms with Crippen LogP contribution in [0.15, 0.2) is 0 Å². The third-order valence-corrected chi connectivity index (χ3v) is 3.52. The quantitative estimate of drug-likeness (QED) is 0.765. The maximum absolute atomic E-state index is 11.9. The molecule has 5 nitrogen and oxygen atoms in total. The molecule has 2 aliphatic rings. The average molecular weight is 237 g/mol. The van der Waals surface area contributed by atoms with Gasteiger partial charge in [-0.25, -0.2) is 0 Å². The topological polar surface area (TPSA) is 65.4 Å². The third kappa shape index (κ3) is 3.18. The molecule has 0 unspecified atom stereocenters. The van der Waals surface area contributed by atoms with Crippen LogP contribution in [0.4, 0.5) is 0 Å². The highest BCUT2D eigenvalue weighted by Gasteiger charge is 2.35. The number of ether oxygens (including phenoxy) is 1. The summed E-state index contributed by atoms with van der Waals surface area (Å²) in [5, 5.41) is 12.1. The zero-order chi connectivity index (χ0) is 12.1. The van der Waals surface area contributed by atoms with E-state index in [0.29, 0.717) is 19.8 Å². The van der Waals surface area contributed by atoms with E-state index in [-0.39, 0.29) is 5.91 Å². The molecule has 2 fully saturated rings. The van der Waals surface area contributed by atoms with Gasteiger partial charge >= 0.3 is 0 Å². The van der Waals surface area contributed by atoms with Crippen LogP contribution in [0, 0.1) is 11.3 Å². The van der Waals surface area contributed by atoms with Crippen molar-refractivity contribution in [2.24, 2.45) is 0 Å². The van der Waals surface area contributed by atoms with Gasteiger partial charge in [-0.2, -0.15) is 5.26 Å². The van der Waals surface area contributed by atoms with Crippen molar-refractivity contribution in [1.29, 1.82) is 5.26 Å². The monoisotopic (exact) mass is 237 g/mol. The van der Waals surface area contributed by atoms with Crippen molar-refractivity contribution in [2.45, 2.75) is 31.2 Å². The highest BCUT2D eigenvalue weighted by molar-refractivity contribution is 5.79. The number of morpholine rings is 1. The summed E-state index contributed by atoms with van der Waals surface area (Å²) >= 11 is 0. The SMILES string of the molecule is N#CC1(NC(=O)CN2CCOCC2)CCCC1. The molecule has 1 N–H and O–H groups in total. The first kappa shape index (κ1) is 12.3. The molecule has 0 atom stereocenters. The van der Waals surface area contributed by atoms with Crippen LogP contribution in [0.5, 0.6) is 0 Å². The van der Waals surface area contributed by atoms with Crippen molar-refractivity contribution < 1.29 is 9.53 Å². The van der Waals surface area contributed by atoms with Gasteiger partial charge in [-0.05, 0) is 25.7 Å². The van der Waals surface area contributed by atoms with Crippen LogP contribution >= 0.6 is 0 Å². The van der Waals surface area contributed by atoms with E-state index in [1.807, 2.05) is 0 Å². The van der Waals surface area contributed by atoms with Crippen molar-refractivity contribution in [3.63, 3.8) is 0 Å². The molecule has 5 heteroatoms. The van der Waals surface area contributed by atoms with E-state index >= 15 is 0 Å². The van der Waals surface area contributed by atoms with Gasteiger partial charge in [0.2, 0.25) is 5.91 Å². The molecule has 0 bridgehead atoms. The Balaban J connectivity index is 1.82. The van der Waals surface area contributed by atoms with Crippen molar-refractivity contribution in [3.8, 4) is 6.07 Å². The molecule has 1 heterocycles. The Morgan fingerprint density at radius 2 is 2.00 bits per heavy atom. The molecule has 2 rings (SSSR count). The summed E-state index contributed by atoms with van der Waals surface area (Å²) < 4.78 is 5.23. The van der Waals surface area contributed by atoms with E-state index in [4.69, 9.17) is 4.74 Å². The lowest BCUT2D eigenvalue weighted by Crippen LogP contribution is -2.50. The number of nitrogens with one attached hydrogen (secondary N) is 1. The van der Waals surface area contributed by atoms with Crippen LogP contribution in [0.1, 0.15) is 25.7 Å². The molecule has 1 aliphatic heterocycles. The molecule has 94 valence electrons. The van der Waals surface area contributed by atoms with Gasteiger partial charge < -0.3 is 10.1 Å². The summed E-state index contributed by atoms with van der Waals surface area (Å²) in [6.45, 7) is 3.36. The van der Waals surface area contributed by atoms with Gasteiger partial charge in [0.15, 0.2) is 0 Å². The van der Waals surface area contributed by atoms with Gasteiger partial charge in [0.1, 0.15) is 5.54 Å². The van der Waals surface area contributed by atoms with Crippen LogP contribution in [0.2, 0.25) is 0 Å². The second-order valence-electron chi connectivity index (χ2n) is 4.84. The molecular weight excluding hydrogens is 218 g/mol. The van der Waals surface area contributed by atoms with E-state index < -0.39 is 5.54 Å². The van der Waals surface area contributed by atoms with Gasteiger partial charge in [-0.1, -0.05) is 0 Å². The Hall–Kier alpha value is -1.12. The van der Waals surface area contributed by atoms with E-state index in [2.05, 4.69) is 16.3 Å². The minimum Gasteiger partial charge on any atom is -0.379 e. The summed E-state index contributed by atoms with van der Waals surface area (Å²) in [4.78, 5) is 14.0. The van der Waals surface area contributed by atoms with Gasteiger partial charge in [-0.15, -0.1) is 0 Å². The minimum absolute atomic E-state index is 0.0321. The largest absolute Gasteiger partial charge is 0.379 e. The number of carbonyl (C=O) groups is 1. The van der Waals surface area contributed by atoms with Crippen LogP contribution in [-0.2, 0) is 9.53 Å². The zero-order valence-corrected chi connectivity index (χ0v) is 10.1. The van der Waals surface area contributed by atoms with Gasteiger partial charge in [-0.3, -0.25) is 9.69 Å². The van der Waals surface area contributed by atoms with Gasteiger partial charge in [0, 0.05) is 13.1 Å². The molecule has 0 aromatic rings. The van der Waals surface area contributed by atoms with Crippen LogP contribution in [0.25, 0.3) is 0 Å². The van der Waals surface area contributed by atoms with Crippen LogP contribution in [0.3, 0.4) is 0 Å².